The normalized spacial score (nSPS) is 14.0. The third kappa shape index (κ3) is 5.33. The van der Waals surface area contributed by atoms with Gasteiger partial charge in [0.25, 0.3) is 0 Å². The predicted molar refractivity (Wildman–Crippen MR) is 87.1 cm³/mol. The van der Waals surface area contributed by atoms with Gasteiger partial charge in [-0.25, -0.2) is 0 Å². The Labute approximate surface area is 129 Å². The summed E-state index contributed by atoms with van der Waals surface area (Å²) >= 11 is 0. The molecule has 0 radical (unpaired) electrons. The molecule has 0 amide bonds. The molecule has 0 aliphatic carbocycles. The molecular formula is C18H29NO2. The maximum Gasteiger partial charge on any atom is 0.122 e. The molecule has 3 nitrogen and oxygen atoms in total. The second-order valence-electron chi connectivity index (χ2n) is 6.70. The number of methoxy groups -OCH3 is 1. The van der Waals surface area contributed by atoms with Gasteiger partial charge in [-0.2, -0.15) is 0 Å². The fourth-order valence-corrected chi connectivity index (χ4v) is 2.73. The first-order valence-electron chi connectivity index (χ1n) is 8.05. The summed E-state index contributed by atoms with van der Waals surface area (Å²) in [6, 6.07) is 6.68. The van der Waals surface area contributed by atoms with Crippen LogP contribution in [0.3, 0.4) is 0 Å². The second kappa shape index (κ2) is 7.81. The fourth-order valence-electron chi connectivity index (χ4n) is 2.73. The van der Waals surface area contributed by atoms with Crippen LogP contribution in [0.5, 0.6) is 5.75 Å². The number of hydrogen-bond acceptors (Lipinski definition) is 3. The molecule has 0 saturated heterocycles. The van der Waals surface area contributed by atoms with Gasteiger partial charge in [-0.05, 0) is 48.4 Å². The Balaban J connectivity index is 1.73. The van der Waals surface area contributed by atoms with Crippen LogP contribution >= 0.6 is 0 Å². The van der Waals surface area contributed by atoms with Gasteiger partial charge >= 0.3 is 0 Å². The average molecular weight is 291 g/mol. The molecular weight excluding hydrogens is 262 g/mol. The quantitative estimate of drug-likeness (QED) is 0.709. The van der Waals surface area contributed by atoms with Crippen LogP contribution in [0.4, 0.5) is 0 Å². The Hall–Kier alpha value is -1.06. The van der Waals surface area contributed by atoms with Gasteiger partial charge in [0, 0.05) is 20.1 Å². The highest BCUT2D eigenvalue weighted by Crippen LogP contribution is 2.30. The monoisotopic (exact) mass is 291 g/mol. The molecule has 0 fully saturated rings. The van der Waals surface area contributed by atoms with Crippen molar-refractivity contribution in [2.24, 2.45) is 5.41 Å². The number of aryl methyl sites for hydroxylation is 1. The molecule has 2 rings (SSSR count). The van der Waals surface area contributed by atoms with Crippen molar-refractivity contribution in [1.82, 2.24) is 5.32 Å². The van der Waals surface area contributed by atoms with Crippen molar-refractivity contribution < 1.29 is 9.47 Å². The van der Waals surface area contributed by atoms with Gasteiger partial charge in [0.2, 0.25) is 0 Å². The van der Waals surface area contributed by atoms with Crippen molar-refractivity contribution in [2.75, 3.05) is 33.4 Å². The molecule has 0 bridgehead atoms. The molecule has 0 atom stereocenters. The van der Waals surface area contributed by atoms with Crippen LogP contribution in [0.1, 0.15) is 37.8 Å². The Morgan fingerprint density at radius 3 is 2.90 bits per heavy atom. The van der Waals surface area contributed by atoms with E-state index in [1.165, 1.54) is 24.0 Å². The third-order valence-electron chi connectivity index (χ3n) is 4.31. The van der Waals surface area contributed by atoms with Crippen molar-refractivity contribution in [3.63, 3.8) is 0 Å². The van der Waals surface area contributed by atoms with E-state index >= 15 is 0 Å². The Bertz CT molecular complexity index is 443. The van der Waals surface area contributed by atoms with E-state index in [0.29, 0.717) is 5.41 Å². The molecule has 118 valence electrons. The molecule has 1 aliphatic rings. The van der Waals surface area contributed by atoms with Gasteiger partial charge in [0.1, 0.15) is 5.75 Å². The first kappa shape index (κ1) is 16.3. The highest BCUT2D eigenvalue weighted by Gasteiger charge is 2.18. The lowest BCUT2D eigenvalue weighted by Gasteiger charge is -2.25. The van der Waals surface area contributed by atoms with E-state index in [9.17, 15) is 0 Å². The minimum absolute atomic E-state index is 0.371. The number of hydrogen-bond donors (Lipinski definition) is 1. The zero-order chi connectivity index (χ0) is 15.1. The van der Waals surface area contributed by atoms with Crippen molar-refractivity contribution in [3.05, 3.63) is 29.3 Å². The SMILES string of the molecule is COCCNCCC(C)(C)CCc1ccc2c(c1)CCO2. The summed E-state index contributed by atoms with van der Waals surface area (Å²) in [5.41, 5.74) is 3.20. The third-order valence-corrected chi connectivity index (χ3v) is 4.31. The van der Waals surface area contributed by atoms with Crippen molar-refractivity contribution >= 4 is 0 Å². The Morgan fingerprint density at radius 1 is 1.24 bits per heavy atom. The van der Waals surface area contributed by atoms with Crippen LogP contribution in [0, 0.1) is 5.41 Å². The smallest absolute Gasteiger partial charge is 0.122 e. The Kier molecular flexibility index (Phi) is 6.07. The van der Waals surface area contributed by atoms with E-state index in [4.69, 9.17) is 9.47 Å². The number of benzene rings is 1. The summed E-state index contributed by atoms with van der Waals surface area (Å²) in [4.78, 5) is 0. The molecule has 0 spiro atoms. The molecule has 0 aromatic heterocycles. The molecule has 1 aromatic rings. The van der Waals surface area contributed by atoms with Crippen LogP contribution < -0.4 is 10.1 Å². The molecule has 1 heterocycles. The van der Waals surface area contributed by atoms with E-state index in [-0.39, 0.29) is 0 Å². The molecule has 1 N–H and O–H groups in total. The summed E-state index contributed by atoms with van der Waals surface area (Å²) in [5.74, 6) is 1.08. The van der Waals surface area contributed by atoms with Gasteiger partial charge < -0.3 is 14.8 Å². The highest BCUT2D eigenvalue weighted by atomic mass is 16.5. The summed E-state index contributed by atoms with van der Waals surface area (Å²) in [6.45, 7) is 8.36. The molecule has 0 unspecified atom stereocenters. The number of fused-ring (bicyclic) bond motifs is 1. The highest BCUT2D eigenvalue weighted by molar-refractivity contribution is 5.39. The second-order valence-corrected chi connectivity index (χ2v) is 6.70. The first-order valence-corrected chi connectivity index (χ1v) is 8.05. The van der Waals surface area contributed by atoms with Gasteiger partial charge in [-0.3, -0.25) is 0 Å². The predicted octanol–water partition coefficient (Wildman–Crippen LogP) is 3.21. The number of ether oxygens (including phenoxy) is 2. The topological polar surface area (TPSA) is 30.5 Å². The summed E-state index contributed by atoms with van der Waals surface area (Å²) < 4.78 is 10.6. The maximum absolute atomic E-state index is 5.57. The van der Waals surface area contributed by atoms with Gasteiger partial charge in [-0.15, -0.1) is 0 Å². The first-order chi connectivity index (χ1) is 10.1. The standard InChI is InChI=1S/C18H29NO2/c1-18(2,9-10-19-11-13-20-3)8-6-15-4-5-17-16(14-15)7-12-21-17/h4-5,14,19H,6-13H2,1-3H3. The molecule has 1 aromatic carbocycles. The van der Waals surface area contributed by atoms with Gasteiger partial charge in [-0.1, -0.05) is 26.0 Å². The van der Waals surface area contributed by atoms with E-state index in [1.54, 1.807) is 7.11 Å². The van der Waals surface area contributed by atoms with E-state index < -0.39 is 0 Å². The van der Waals surface area contributed by atoms with Crippen LogP contribution in [0.15, 0.2) is 18.2 Å². The largest absolute Gasteiger partial charge is 0.493 e. The minimum Gasteiger partial charge on any atom is -0.493 e. The van der Waals surface area contributed by atoms with Crippen LogP contribution in [0.2, 0.25) is 0 Å². The lowest BCUT2D eigenvalue weighted by molar-refractivity contribution is 0.197. The van der Waals surface area contributed by atoms with Gasteiger partial charge in [0.15, 0.2) is 0 Å². The van der Waals surface area contributed by atoms with Crippen molar-refractivity contribution in [1.29, 1.82) is 0 Å². The average Bonchev–Trinajstić information content (AvgIpc) is 2.92. The minimum atomic E-state index is 0.371. The molecule has 3 heteroatoms. The van der Waals surface area contributed by atoms with E-state index in [2.05, 4.69) is 37.4 Å². The van der Waals surface area contributed by atoms with E-state index in [1.807, 2.05) is 0 Å². The van der Waals surface area contributed by atoms with Crippen LogP contribution in [-0.4, -0.2) is 33.4 Å². The summed E-state index contributed by atoms with van der Waals surface area (Å²) in [6.07, 6.45) is 4.64. The summed E-state index contributed by atoms with van der Waals surface area (Å²) in [7, 11) is 1.74. The van der Waals surface area contributed by atoms with Crippen molar-refractivity contribution in [2.45, 2.75) is 39.5 Å². The lowest BCUT2D eigenvalue weighted by atomic mass is 9.83. The van der Waals surface area contributed by atoms with Gasteiger partial charge in [0.05, 0.1) is 13.2 Å². The number of rotatable bonds is 9. The number of nitrogens with one attached hydrogen (secondary N) is 1. The fraction of sp³-hybridized carbons (Fsp3) is 0.667. The maximum atomic E-state index is 5.57. The molecule has 1 aliphatic heterocycles. The lowest BCUT2D eigenvalue weighted by Crippen LogP contribution is -2.25. The van der Waals surface area contributed by atoms with Crippen LogP contribution in [-0.2, 0) is 17.6 Å². The molecule has 21 heavy (non-hydrogen) atoms. The van der Waals surface area contributed by atoms with E-state index in [0.717, 1.165) is 44.9 Å². The zero-order valence-corrected chi connectivity index (χ0v) is 13.7. The van der Waals surface area contributed by atoms with Crippen molar-refractivity contribution in [3.8, 4) is 5.75 Å². The molecule has 0 saturated carbocycles. The zero-order valence-electron chi connectivity index (χ0n) is 13.7. The Morgan fingerprint density at radius 2 is 2.10 bits per heavy atom. The summed E-state index contributed by atoms with van der Waals surface area (Å²) in [5, 5.41) is 3.43. The van der Waals surface area contributed by atoms with Crippen LogP contribution in [0.25, 0.3) is 0 Å².